The Morgan fingerprint density at radius 1 is 1.10 bits per heavy atom. The summed E-state index contributed by atoms with van der Waals surface area (Å²) in [5, 5.41) is 0.860. The lowest BCUT2D eigenvalue weighted by Crippen LogP contribution is -2.06. The van der Waals surface area contributed by atoms with E-state index in [-0.39, 0.29) is 11.3 Å². The molecule has 0 amide bonds. The van der Waals surface area contributed by atoms with Gasteiger partial charge in [0.15, 0.2) is 5.78 Å². The quantitative estimate of drug-likeness (QED) is 0.688. The van der Waals surface area contributed by atoms with Crippen molar-refractivity contribution in [3.63, 3.8) is 0 Å². The van der Waals surface area contributed by atoms with Crippen molar-refractivity contribution >= 4 is 16.7 Å². The third kappa shape index (κ3) is 2.36. The molecule has 0 saturated heterocycles. The number of rotatable bonds is 3. The zero-order chi connectivity index (χ0) is 14.8. The summed E-state index contributed by atoms with van der Waals surface area (Å²) < 4.78 is 18.6. The van der Waals surface area contributed by atoms with Gasteiger partial charge in [0.05, 0.1) is 18.2 Å². The van der Waals surface area contributed by atoms with Crippen molar-refractivity contribution < 1.29 is 13.9 Å². The number of benzene rings is 2. The number of fused-ring (bicyclic) bond motifs is 1. The van der Waals surface area contributed by atoms with Crippen molar-refractivity contribution in [2.24, 2.45) is 0 Å². The molecule has 0 N–H and O–H groups in total. The number of ether oxygens (including phenoxy) is 1. The normalized spacial score (nSPS) is 10.6. The van der Waals surface area contributed by atoms with E-state index in [0.717, 1.165) is 5.39 Å². The van der Waals surface area contributed by atoms with Crippen molar-refractivity contribution in [3.8, 4) is 5.75 Å². The summed E-state index contributed by atoms with van der Waals surface area (Å²) in [6.45, 7) is 0. The third-order valence-electron chi connectivity index (χ3n) is 3.28. The van der Waals surface area contributed by atoms with E-state index in [9.17, 15) is 9.18 Å². The van der Waals surface area contributed by atoms with Crippen molar-refractivity contribution in [2.75, 3.05) is 7.11 Å². The van der Waals surface area contributed by atoms with Gasteiger partial charge >= 0.3 is 0 Å². The van der Waals surface area contributed by atoms with Gasteiger partial charge in [-0.05, 0) is 30.3 Å². The maximum atomic E-state index is 13.5. The van der Waals surface area contributed by atoms with Gasteiger partial charge in [-0.2, -0.15) is 0 Å². The highest BCUT2D eigenvalue weighted by Crippen LogP contribution is 2.25. The molecule has 1 aromatic heterocycles. The number of halogens is 1. The lowest BCUT2D eigenvalue weighted by molar-refractivity contribution is 0.103. The van der Waals surface area contributed by atoms with Crippen LogP contribution in [-0.4, -0.2) is 17.9 Å². The number of hydrogen-bond donors (Lipinski definition) is 0. The molecule has 104 valence electrons. The van der Waals surface area contributed by atoms with Gasteiger partial charge in [0, 0.05) is 17.1 Å². The molecule has 0 aliphatic heterocycles. The Morgan fingerprint density at radius 2 is 1.90 bits per heavy atom. The smallest absolute Gasteiger partial charge is 0.199 e. The molecule has 0 aliphatic carbocycles. The summed E-state index contributed by atoms with van der Waals surface area (Å²) in [5.41, 5.74) is 1.21. The van der Waals surface area contributed by atoms with E-state index in [0.29, 0.717) is 16.8 Å². The third-order valence-corrected chi connectivity index (χ3v) is 3.28. The number of carbonyl (C=O) groups excluding carboxylic acids is 1. The van der Waals surface area contributed by atoms with Crippen molar-refractivity contribution in [3.05, 3.63) is 71.7 Å². The number of aromatic nitrogens is 1. The van der Waals surface area contributed by atoms with Crippen LogP contribution in [0.25, 0.3) is 10.9 Å². The number of nitrogens with zero attached hydrogens (tertiary/aromatic N) is 1. The summed E-state index contributed by atoms with van der Waals surface area (Å²) in [5.74, 6) is -0.447. The van der Waals surface area contributed by atoms with Gasteiger partial charge in [-0.1, -0.05) is 18.2 Å². The molecule has 21 heavy (non-hydrogen) atoms. The molecule has 3 nitrogen and oxygen atoms in total. The van der Waals surface area contributed by atoms with Crippen LogP contribution in [0, 0.1) is 5.82 Å². The topological polar surface area (TPSA) is 39.2 Å². The fourth-order valence-corrected chi connectivity index (χ4v) is 2.29. The zero-order valence-corrected chi connectivity index (χ0v) is 11.3. The Labute approximate surface area is 121 Å². The number of ketones is 1. The largest absolute Gasteiger partial charge is 0.496 e. The van der Waals surface area contributed by atoms with Crippen LogP contribution in [0.5, 0.6) is 5.75 Å². The highest BCUT2D eigenvalue weighted by Gasteiger charge is 2.18. The van der Waals surface area contributed by atoms with Crippen molar-refractivity contribution in [1.82, 2.24) is 4.98 Å². The Morgan fingerprint density at radius 3 is 2.71 bits per heavy atom. The predicted octanol–water partition coefficient (Wildman–Crippen LogP) is 3.61. The maximum absolute atomic E-state index is 13.5. The lowest BCUT2D eigenvalue weighted by atomic mass is 9.99. The molecule has 3 aromatic rings. The molecule has 0 aliphatic rings. The Bertz CT molecular complexity index is 825. The molecule has 2 aromatic carbocycles. The fraction of sp³-hybridized carbons (Fsp3) is 0.0588. The standard InChI is InChI=1S/C17H12FNO2/c1-21-15-8-7-12(18)10-14(15)17(20)13-6-2-4-11-5-3-9-19-16(11)13/h2-10H,1H3. The molecular weight excluding hydrogens is 269 g/mol. The number of hydrogen-bond acceptors (Lipinski definition) is 3. The van der Waals surface area contributed by atoms with Crippen LogP contribution in [0.2, 0.25) is 0 Å². The van der Waals surface area contributed by atoms with Crippen LogP contribution >= 0.6 is 0 Å². The molecule has 0 bridgehead atoms. The van der Waals surface area contributed by atoms with E-state index in [1.54, 1.807) is 24.4 Å². The fourth-order valence-electron chi connectivity index (χ4n) is 2.29. The number of pyridine rings is 1. The second kappa shape index (κ2) is 5.32. The molecule has 0 atom stereocenters. The number of carbonyl (C=O) groups is 1. The van der Waals surface area contributed by atoms with Gasteiger partial charge in [-0.3, -0.25) is 9.78 Å². The van der Waals surface area contributed by atoms with E-state index in [2.05, 4.69) is 4.98 Å². The second-order valence-corrected chi connectivity index (χ2v) is 4.55. The van der Waals surface area contributed by atoms with E-state index in [1.165, 1.54) is 25.3 Å². The van der Waals surface area contributed by atoms with Gasteiger partial charge in [0.1, 0.15) is 11.6 Å². The molecule has 3 rings (SSSR count). The summed E-state index contributed by atoms with van der Waals surface area (Å²) in [6, 6.07) is 12.9. The second-order valence-electron chi connectivity index (χ2n) is 4.55. The Kier molecular flexibility index (Phi) is 3.36. The van der Waals surface area contributed by atoms with E-state index in [1.807, 2.05) is 12.1 Å². The van der Waals surface area contributed by atoms with Gasteiger partial charge in [0.25, 0.3) is 0 Å². The molecule has 0 radical (unpaired) electrons. The average molecular weight is 281 g/mol. The summed E-state index contributed by atoms with van der Waals surface area (Å²) in [4.78, 5) is 17.0. The summed E-state index contributed by atoms with van der Waals surface area (Å²) in [7, 11) is 1.45. The average Bonchev–Trinajstić information content (AvgIpc) is 2.53. The highest BCUT2D eigenvalue weighted by molar-refractivity contribution is 6.16. The first kappa shape index (κ1) is 13.2. The van der Waals surface area contributed by atoms with E-state index in [4.69, 9.17) is 4.74 Å². The first-order chi connectivity index (χ1) is 10.2. The highest BCUT2D eigenvalue weighted by atomic mass is 19.1. The van der Waals surface area contributed by atoms with Crippen molar-refractivity contribution in [1.29, 1.82) is 0 Å². The first-order valence-corrected chi connectivity index (χ1v) is 6.42. The molecule has 1 heterocycles. The number of methoxy groups -OCH3 is 1. The molecule has 0 fully saturated rings. The van der Waals surface area contributed by atoms with Crippen LogP contribution in [0.1, 0.15) is 15.9 Å². The van der Waals surface area contributed by atoms with Crippen molar-refractivity contribution in [2.45, 2.75) is 0 Å². The maximum Gasteiger partial charge on any atom is 0.199 e. The lowest BCUT2D eigenvalue weighted by Gasteiger charge is -2.09. The summed E-state index contributed by atoms with van der Waals surface area (Å²) in [6.07, 6.45) is 1.63. The van der Waals surface area contributed by atoms with Crippen LogP contribution in [0.4, 0.5) is 4.39 Å². The van der Waals surface area contributed by atoms with Gasteiger partial charge in [-0.15, -0.1) is 0 Å². The molecule has 0 unspecified atom stereocenters. The van der Waals surface area contributed by atoms with Gasteiger partial charge < -0.3 is 4.74 Å². The molecular formula is C17H12FNO2. The van der Waals surface area contributed by atoms with Gasteiger partial charge in [-0.25, -0.2) is 4.39 Å². The van der Waals surface area contributed by atoms with Crippen LogP contribution < -0.4 is 4.74 Å². The SMILES string of the molecule is COc1ccc(F)cc1C(=O)c1cccc2cccnc12. The predicted molar refractivity (Wildman–Crippen MR) is 78.1 cm³/mol. The van der Waals surface area contributed by atoms with E-state index < -0.39 is 5.82 Å². The minimum absolute atomic E-state index is 0.190. The monoisotopic (exact) mass is 281 g/mol. The molecule has 0 spiro atoms. The van der Waals surface area contributed by atoms with Crippen LogP contribution in [0.15, 0.2) is 54.7 Å². The number of para-hydroxylation sites is 1. The molecule has 0 saturated carbocycles. The van der Waals surface area contributed by atoms with Crippen LogP contribution in [-0.2, 0) is 0 Å². The first-order valence-electron chi connectivity index (χ1n) is 6.42. The Hall–Kier alpha value is -2.75. The molecule has 4 heteroatoms. The summed E-state index contributed by atoms with van der Waals surface area (Å²) >= 11 is 0. The minimum atomic E-state index is -0.479. The Balaban J connectivity index is 2.20. The van der Waals surface area contributed by atoms with Gasteiger partial charge in [0.2, 0.25) is 0 Å². The van der Waals surface area contributed by atoms with E-state index >= 15 is 0 Å². The minimum Gasteiger partial charge on any atom is -0.496 e. The van der Waals surface area contributed by atoms with Crippen LogP contribution in [0.3, 0.4) is 0 Å². The zero-order valence-electron chi connectivity index (χ0n) is 11.3.